The van der Waals surface area contributed by atoms with Gasteiger partial charge in [0.1, 0.15) is 0 Å². The maximum Gasteiger partial charge on any atom is 0.240 e. The Kier molecular flexibility index (Phi) is 5.13. The van der Waals surface area contributed by atoms with Crippen LogP contribution in [0.3, 0.4) is 0 Å². The van der Waals surface area contributed by atoms with E-state index in [2.05, 4.69) is 21.5 Å². The number of hydrogen-bond acceptors (Lipinski definition) is 3. The molecule has 0 saturated carbocycles. The van der Waals surface area contributed by atoms with Crippen LogP contribution in [0.15, 0.2) is 52.1 Å². The van der Waals surface area contributed by atoms with E-state index in [1.807, 2.05) is 0 Å². The van der Waals surface area contributed by atoms with Crippen LogP contribution in [0, 0.1) is 0 Å². The van der Waals surface area contributed by atoms with Gasteiger partial charge in [-0.25, -0.2) is 13.1 Å². The predicted octanol–water partition coefficient (Wildman–Crippen LogP) is 3.05. The van der Waals surface area contributed by atoms with Crippen molar-refractivity contribution in [2.24, 2.45) is 0 Å². The van der Waals surface area contributed by atoms with Gasteiger partial charge in [-0.15, -0.1) is 0 Å². The lowest BCUT2D eigenvalue weighted by atomic mass is 10.1. The summed E-state index contributed by atoms with van der Waals surface area (Å²) in [7, 11) is -3.34. The molecule has 2 aromatic rings. The summed E-state index contributed by atoms with van der Waals surface area (Å²) < 4.78 is 26.5. The van der Waals surface area contributed by atoms with Gasteiger partial charge in [-0.3, -0.25) is 0 Å². The van der Waals surface area contributed by atoms with Crippen LogP contribution in [0.5, 0.6) is 0 Å². The van der Waals surface area contributed by atoms with Gasteiger partial charge in [-0.05, 0) is 53.8 Å². The molecule has 0 aliphatic heterocycles. The fourth-order valence-corrected chi connectivity index (χ4v) is 3.58. The molecule has 0 bridgehead atoms. The van der Waals surface area contributed by atoms with E-state index in [0.29, 0.717) is 11.4 Å². The third kappa shape index (κ3) is 4.45. The Bertz CT molecular complexity index is 577. The first-order chi connectivity index (χ1) is 9.18. The summed E-state index contributed by atoms with van der Waals surface area (Å²) in [4.78, 5) is 0.327. The van der Waals surface area contributed by atoms with Crippen molar-refractivity contribution in [1.29, 1.82) is 0 Å². The van der Waals surface area contributed by atoms with Gasteiger partial charge in [-0.1, -0.05) is 18.2 Å². The zero-order chi connectivity index (χ0) is 13.6. The highest BCUT2D eigenvalue weighted by Gasteiger charge is 2.11. The second kappa shape index (κ2) is 6.84. The van der Waals surface area contributed by atoms with Crippen LogP contribution in [-0.2, 0) is 16.4 Å². The minimum absolute atomic E-state index is 0.327. The van der Waals surface area contributed by atoms with Crippen LogP contribution in [0.25, 0.3) is 0 Å². The molecule has 0 saturated heterocycles. The van der Waals surface area contributed by atoms with Gasteiger partial charge in [-0.2, -0.15) is 11.3 Å². The number of hydrogen-bond donors (Lipinski definition) is 1. The van der Waals surface area contributed by atoms with Crippen LogP contribution in [0.2, 0.25) is 0 Å². The minimum Gasteiger partial charge on any atom is -0.211 e. The van der Waals surface area contributed by atoms with E-state index >= 15 is 0 Å². The van der Waals surface area contributed by atoms with E-state index < -0.39 is 10.0 Å². The van der Waals surface area contributed by atoms with Gasteiger partial charge in [0, 0.05) is 6.54 Å². The van der Waals surface area contributed by atoms with Crippen LogP contribution in [0.4, 0.5) is 0 Å². The third-order valence-electron chi connectivity index (χ3n) is 2.82. The third-order valence-corrected chi connectivity index (χ3v) is 5.03. The number of unbranched alkanes of at least 4 members (excludes halogenated alkanes) is 1. The van der Waals surface area contributed by atoms with Crippen molar-refractivity contribution in [3.8, 4) is 0 Å². The SMILES string of the molecule is O=S(=O)(NCCCCc1ccsc1)c1ccccc1. The second-order valence-corrected chi connectivity index (χ2v) is 6.85. The van der Waals surface area contributed by atoms with E-state index in [9.17, 15) is 8.42 Å². The molecule has 0 spiro atoms. The lowest BCUT2D eigenvalue weighted by Crippen LogP contribution is -2.24. The Labute approximate surface area is 118 Å². The summed E-state index contributed by atoms with van der Waals surface area (Å²) in [6.07, 6.45) is 2.85. The minimum atomic E-state index is -3.34. The fraction of sp³-hybridized carbons (Fsp3) is 0.286. The van der Waals surface area contributed by atoms with Crippen LogP contribution in [0.1, 0.15) is 18.4 Å². The molecular formula is C14H17NO2S2. The Balaban J connectivity index is 1.73. The van der Waals surface area contributed by atoms with E-state index in [1.165, 1.54) is 5.56 Å². The summed E-state index contributed by atoms with van der Waals surface area (Å²) in [5.74, 6) is 0. The summed E-state index contributed by atoms with van der Waals surface area (Å²) in [5.41, 5.74) is 1.33. The zero-order valence-corrected chi connectivity index (χ0v) is 12.2. The lowest BCUT2D eigenvalue weighted by Gasteiger charge is -2.06. The molecule has 19 heavy (non-hydrogen) atoms. The summed E-state index contributed by atoms with van der Waals surface area (Å²) >= 11 is 1.69. The number of rotatable bonds is 7. The average molecular weight is 295 g/mol. The van der Waals surface area contributed by atoms with Gasteiger partial charge in [0.25, 0.3) is 0 Å². The van der Waals surface area contributed by atoms with Crippen molar-refractivity contribution in [1.82, 2.24) is 4.72 Å². The molecule has 1 heterocycles. The smallest absolute Gasteiger partial charge is 0.211 e. The molecule has 0 unspecified atom stereocenters. The maximum atomic E-state index is 11.9. The molecule has 102 valence electrons. The first-order valence-corrected chi connectivity index (χ1v) is 8.67. The first-order valence-electron chi connectivity index (χ1n) is 6.24. The number of nitrogens with one attached hydrogen (secondary N) is 1. The van der Waals surface area contributed by atoms with Crippen molar-refractivity contribution in [3.63, 3.8) is 0 Å². The van der Waals surface area contributed by atoms with E-state index in [-0.39, 0.29) is 0 Å². The molecule has 5 heteroatoms. The Morgan fingerprint density at radius 2 is 1.84 bits per heavy atom. The Morgan fingerprint density at radius 3 is 2.53 bits per heavy atom. The van der Waals surface area contributed by atoms with E-state index in [4.69, 9.17) is 0 Å². The standard InChI is InChI=1S/C14H17NO2S2/c16-19(17,14-7-2-1-3-8-14)15-10-5-4-6-13-9-11-18-12-13/h1-3,7-9,11-12,15H,4-6,10H2. The Hall–Kier alpha value is -1.17. The van der Waals surface area contributed by atoms with Crippen LogP contribution >= 0.6 is 11.3 Å². The molecule has 0 fully saturated rings. The van der Waals surface area contributed by atoms with Crippen molar-refractivity contribution >= 4 is 21.4 Å². The summed E-state index contributed by atoms with van der Waals surface area (Å²) in [5, 5.41) is 4.20. The summed E-state index contributed by atoms with van der Waals surface area (Å²) in [6, 6.07) is 10.6. The highest BCUT2D eigenvalue weighted by atomic mass is 32.2. The molecular weight excluding hydrogens is 278 g/mol. The highest BCUT2D eigenvalue weighted by Crippen LogP contribution is 2.10. The van der Waals surface area contributed by atoms with Crippen molar-refractivity contribution in [3.05, 3.63) is 52.7 Å². The van der Waals surface area contributed by atoms with Gasteiger partial charge in [0.15, 0.2) is 0 Å². The maximum absolute atomic E-state index is 11.9. The normalized spacial score (nSPS) is 11.6. The number of benzene rings is 1. The number of thiophene rings is 1. The quantitative estimate of drug-likeness (QED) is 0.798. The number of aryl methyl sites for hydroxylation is 1. The predicted molar refractivity (Wildman–Crippen MR) is 78.9 cm³/mol. The molecule has 0 atom stereocenters. The van der Waals surface area contributed by atoms with Crippen molar-refractivity contribution in [2.45, 2.75) is 24.2 Å². The van der Waals surface area contributed by atoms with Crippen LogP contribution in [-0.4, -0.2) is 15.0 Å². The van der Waals surface area contributed by atoms with Gasteiger partial charge < -0.3 is 0 Å². The molecule has 0 aliphatic rings. The second-order valence-electron chi connectivity index (χ2n) is 4.30. The molecule has 1 aromatic carbocycles. The molecule has 0 radical (unpaired) electrons. The van der Waals surface area contributed by atoms with Crippen LogP contribution < -0.4 is 4.72 Å². The van der Waals surface area contributed by atoms with Crippen molar-refractivity contribution < 1.29 is 8.42 Å². The molecule has 1 N–H and O–H groups in total. The summed E-state index contributed by atoms with van der Waals surface area (Å²) in [6.45, 7) is 0.487. The Morgan fingerprint density at radius 1 is 1.05 bits per heavy atom. The van der Waals surface area contributed by atoms with Gasteiger partial charge in [0.2, 0.25) is 10.0 Å². The number of sulfonamides is 1. The molecule has 0 amide bonds. The lowest BCUT2D eigenvalue weighted by molar-refractivity contribution is 0.577. The zero-order valence-electron chi connectivity index (χ0n) is 10.6. The monoisotopic (exact) mass is 295 g/mol. The van der Waals surface area contributed by atoms with Gasteiger partial charge in [0.05, 0.1) is 4.90 Å². The largest absolute Gasteiger partial charge is 0.240 e. The molecule has 2 rings (SSSR count). The highest BCUT2D eigenvalue weighted by molar-refractivity contribution is 7.89. The van der Waals surface area contributed by atoms with Crippen molar-refractivity contribution in [2.75, 3.05) is 6.54 Å². The fourth-order valence-electron chi connectivity index (χ4n) is 1.78. The van der Waals surface area contributed by atoms with E-state index in [0.717, 1.165) is 19.3 Å². The molecule has 3 nitrogen and oxygen atoms in total. The molecule has 1 aromatic heterocycles. The molecule has 0 aliphatic carbocycles. The average Bonchev–Trinajstić information content (AvgIpc) is 2.92. The van der Waals surface area contributed by atoms with Gasteiger partial charge >= 0.3 is 0 Å². The van der Waals surface area contributed by atoms with E-state index in [1.54, 1.807) is 41.7 Å². The topological polar surface area (TPSA) is 46.2 Å². The first kappa shape index (κ1) is 14.2.